The lowest BCUT2D eigenvalue weighted by Gasteiger charge is -2.08. The number of aromatic nitrogens is 3. The first-order chi connectivity index (χ1) is 9.19. The molecule has 4 nitrogen and oxygen atoms in total. The molecule has 102 valence electrons. The Labute approximate surface area is 114 Å². The summed E-state index contributed by atoms with van der Waals surface area (Å²) in [6, 6.07) is 6.60. The highest BCUT2D eigenvalue weighted by molar-refractivity contribution is 5.28. The molecule has 1 heterocycles. The summed E-state index contributed by atoms with van der Waals surface area (Å²) in [6.45, 7) is 8.98. The summed E-state index contributed by atoms with van der Waals surface area (Å²) >= 11 is 0. The number of rotatable bonds is 6. The van der Waals surface area contributed by atoms with Gasteiger partial charge in [0.15, 0.2) is 0 Å². The summed E-state index contributed by atoms with van der Waals surface area (Å²) in [5, 5.41) is 7.68. The van der Waals surface area contributed by atoms with Crippen LogP contribution in [0.4, 0.5) is 0 Å². The van der Waals surface area contributed by atoms with E-state index in [4.69, 9.17) is 0 Å². The van der Waals surface area contributed by atoms with Crippen molar-refractivity contribution in [2.24, 2.45) is 0 Å². The van der Waals surface area contributed by atoms with Crippen molar-refractivity contribution in [2.45, 2.75) is 40.3 Å². The summed E-state index contributed by atoms with van der Waals surface area (Å²) in [6.07, 6.45) is 2.76. The van der Waals surface area contributed by atoms with Crippen LogP contribution in [0.15, 0.2) is 24.5 Å². The van der Waals surface area contributed by atoms with Gasteiger partial charge < -0.3 is 5.32 Å². The number of hydrogen-bond donors (Lipinski definition) is 1. The van der Waals surface area contributed by atoms with E-state index >= 15 is 0 Å². The zero-order chi connectivity index (χ0) is 13.7. The van der Waals surface area contributed by atoms with Crippen molar-refractivity contribution in [1.82, 2.24) is 20.1 Å². The van der Waals surface area contributed by atoms with Crippen molar-refractivity contribution in [3.8, 4) is 0 Å². The van der Waals surface area contributed by atoms with Gasteiger partial charge >= 0.3 is 0 Å². The fourth-order valence-corrected chi connectivity index (χ4v) is 2.27. The average molecular weight is 258 g/mol. The maximum atomic E-state index is 4.32. The first-order valence-corrected chi connectivity index (χ1v) is 6.83. The van der Waals surface area contributed by atoms with Crippen molar-refractivity contribution < 1.29 is 0 Å². The highest BCUT2D eigenvalue weighted by Crippen LogP contribution is 2.10. The Morgan fingerprint density at radius 2 is 1.89 bits per heavy atom. The standard InChI is InChI=1S/C15H22N4/c1-4-5-16-9-15-17-11-18-19(15)10-14-7-12(2)6-13(3)8-14/h6-8,11,16H,4-5,9-10H2,1-3H3. The van der Waals surface area contributed by atoms with E-state index in [0.717, 1.165) is 31.9 Å². The van der Waals surface area contributed by atoms with E-state index in [1.165, 1.54) is 16.7 Å². The first-order valence-electron chi connectivity index (χ1n) is 6.83. The number of aryl methyl sites for hydroxylation is 2. The first kappa shape index (κ1) is 13.7. The van der Waals surface area contributed by atoms with E-state index in [0.29, 0.717) is 0 Å². The molecule has 1 aromatic heterocycles. The SMILES string of the molecule is CCCNCc1ncnn1Cc1cc(C)cc(C)c1. The fraction of sp³-hybridized carbons (Fsp3) is 0.467. The van der Waals surface area contributed by atoms with Crippen LogP contribution < -0.4 is 5.32 Å². The molecule has 0 spiro atoms. The third kappa shape index (κ3) is 3.89. The van der Waals surface area contributed by atoms with Gasteiger partial charge in [-0.1, -0.05) is 36.2 Å². The zero-order valence-corrected chi connectivity index (χ0v) is 12.0. The summed E-state index contributed by atoms with van der Waals surface area (Å²) in [7, 11) is 0. The molecular formula is C15H22N4. The number of nitrogens with one attached hydrogen (secondary N) is 1. The molecule has 0 unspecified atom stereocenters. The molecule has 0 bridgehead atoms. The topological polar surface area (TPSA) is 42.7 Å². The molecule has 0 aliphatic rings. The van der Waals surface area contributed by atoms with Gasteiger partial charge in [-0.3, -0.25) is 0 Å². The Morgan fingerprint density at radius 1 is 1.16 bits per heavy atom. The minimum absolute atomic E-state index is 0.776. The van der Waals surface area contributed by atoms with Crippen molar-refractivity contribution in [2.75, 3.05) is 6.54 Å². The van der Waals surface area contributed by atoms with Crippen molar-refractivity contribution in [1.29, 1.82) is 0 Å². The molecule has 0 aliphatic heterocycles. The molecule has 19 heavy (non-hydrogen) atoms. The predicted octanol–water partition coefficient (Wildman–Crippen LogP) is 2.44. The van der Waals surface area contributed by atoms with Crippen LogP contribution in [0.25, 0.3) is 0 Å². The molecule has 0 saturated heterocycles. The number of hydrogen-bond acceptors (Lipinski definition) is 3. The Hall–Kier alpha value is -1.68. The van der Waals surface area contributed by atoms with E-state index in [1.54, 1.807) is 6.33 Å². The van der Waals surface area contributed by atoms with E-state index < -0.39 is 0 Å². The van der Waals surface area contributed by atoms with Gasteiger partial charge in [0.25, 0.3) is 0 Å². The van der Waals surface area contributed by atoms with Gasteiger partial charge in [0.2, 0.25) is 0 Å². The molecule has 0 aliphatic carbocycles. The van der Waals surface area contributed by atoms with Crippen LogP contribution >= 0.6 is 0 Å². The van der Waals surface area contributed by atoms with Crippen LogP contribution in [0.2, 0.25) is 0 Å². The fourth-order valence-electron chi connectivity index (χ4n) is 2.27. The summed E-state index contributed by atoms with van der Waals surface area (Å²) in [5.74, 6) is 0.993. The van der Waals surface area contributed by atoms with Crippen LogP contribution in [-0.2, 0) is 13.1 Å². The van der Waals surface area contributed by atoms with E-state index in [-0.39, 0.29) is 0 Å². The molecule has 0 radical (unpaired) electrons. The zero-order valence-electron chi connectivity index (χ0n) is 12.0. The van der Waals surface area contributed by atoms with Gasteiger partial charge in [-0.2, -0.15) is 5.10 Å². The van der Waals surface area contributed by atoms with Gasteiger partial charge in [-0.15, -0.1) is 0 Å². The molecular weight excluding hydrogens is 236 g/mol. The molecule has 0 fully saturated rings. The Balaban J connectivity index is 2.08. The lowest BCUT2D eigenvalue weighted by molar-refractivity contribution is 0.582. The third-order valence-corrected chi connectivity index (χ3v) is 3.02. The van der Waals surface area contributed by atoms with E-state index in [1.807, 2.05) is 4.68 Å². The van der Waals surface area contributed by atoms with Crippen LogP contribution in [0.5, 0.6) is 0 Å². The predicted molar refractivity (Wildman–Crippen MR) is 77.0 cm³/mol. The normalized spacial score (nSPS) is 10.9. The van der Waals surface area contributed by atoms with Gasteiger partial charge in [0, 0.05) is 0 Å². The summed E-state index contributed by atoms with van der Waals surface area (Å²) in [4.78, 5) is 4.32. The highest BCUT2D eigenvalue weighted by atomic mass is 15.3. The third-order valence-electron chi connectivity index (χ3n) is 3.02. The minimum Gasteiger partial charge on any atom is -0.310 e. The van der Waals surface area contributed by atoms with Crippen LogP contribution in [0.1, 0.15) is 35.9 Å². The lowest BCUT2D eigenvalue weighted by atomic mass is 10.1. The second kappa shape index (κ2) is 6.48. The largest absolute Gasteiger partial charge is 0.310 e. The minimum atomic E-state index is 0.776. The van der Waals surface area contributed by atoms with Gasteiger partial charge in [-0.25, -0.2) is 9.67 Å². The van der Waals surface area contributed by atoms with E-state index in [2.05, 4.69) is 54.4 Å². The van der Waals surface area contributed by atoms with Crippen LogP contribution in [0, 0.1) is 13.8 Å². The number of nitrogens with zero attached hydrogens (tertiary/aromatic N) is 3. The molecule has 1 aromatic carbocycles. The van der Waals surface area contributed by atoms with Crippen molar-refractivity contribution in [3.05, 3.63) is 47.0 Å². The molecule has 0 atom stereocenters. The molecule has 2 rings (SSSR count). The highest BCUT2D eigenvalue weighted by Gasteiger charge is 2.05. The Kier molecular flexibility index (Phi) is 4.68. The lowest BCUT2D eigenvalue weighted by Crippen LogP contribution is -2.18. The molecule has 4 heteroatoms. The second-order valence-corrected chi connectivity index (χ2v) is 5.01. The summed E-state index contributed by atoms with van der Waals surface area (Å²) < 4.78 is 1.97. The van der Waals surface area contributed by atoms with Gasteiger partial charge in [0.05, 0.1) is 13.1 Å². The summed E-state index contributed by atoms with van der Waals surface area (Å²) in [5.41, 5.74) is 3.86. The molecule has 0 amide bonds. The van der Waals surface area contributed by atoms with Crippen molar-refractivity contribution in [3.63, 3.8) is 0 Å². The van der Waals surface area contributed by atoms with Gasteiger partial charge in [0.1, 0.15) is 12.2 Å². The average Bonchev–Trinajstić information content (AvgIpc) is 2.76. The van der Waals surface area contributed by atoms with Gasteiger partial charge in [-0.05, 0) is 32.4 Å². The number of benzene rings is 1. The molecule has 1 N–H and O–H groups in total. The molecule has 2 aromatic rings. The van der Waals surface area contributed by atoms with Crippen LogP contribution in [0.3, 0.4) is 0 Å². The van der Waals surface area contributed by atoms with Crippen LogP contribution in [-0.4, -0.2) is 21.3 Å². The maximum Gasteiger partial charge on any atom is 0.141 e. The monoisotopic (exact) mass is 258 g/mol. The Morgan fingerprint density at radius 3 is 2.58 bits per heavy atom. The smallest absolute Gasteiger partial charge is 0.141 e. The van der Waals surface area contributed by atoms with E-state index in [9.17, 15) is 0 Å². The molecule has 0 saturated carbocycles. The Bertz CT molecular complexity index is 510. The second-order valence-electron chi connectivity index (χ2n) is 5.01. The quantitative estimate of drug-likeness (QED) is 0.809. The maximum absolute atomic E-state index is 4.32. The van der Waals surface area contributed by atoms with Crippen molar-refractivity contribution >= 4 is 0 Å².